The first kappa shape index (κ1) is 11.6. The third kappa shape index (κ3) is 3.06. The third-order valence-corrected chi connectivity index (χ3v) is 3.36. The van der Waals surface area contributed by atoms with E-state index >= 15 is 0 Å². The Bertz CT molecular complexity index is 452. The number of anilines is 1. The Kier molecular flexibility index (Phi) is 3.96. The van der Waals surface area contributed by atoms with Crippen LogP contribution in [-0.4, -0.2) is 6.26 Å². The lowest BCUT2D eigenvalue weighted by Gasteiger charge is -2.04. The third-order valence-electron chi connectivity index (χ3n) is 2.19. The highest BCUT2D eigenvalue weighted by atomic mass is 79.9. The summed E-state index contributed by atoms with van der Waals surface area (Å²) in [6, 6.07) is 12.2. The number of halogens is 1. The molecule has 1 aromatic carbocycles. The molecule has 1 N–H and O–H groups in total. The van der Waals surface area contributed by atoms with E-state index in [1.54, 1.807) is 11.8 Å². The second kappa shape index (κ2) is 5.46. The average Bonchev–Trinajstić information content (AvgIpc) is 2.73. The molecule has 0 aliphatic heterocycles. The summed E-state index contributed by atoms with van der Waals surface area (Å²) in [7, 11) is 0. The van der Waals surface area contributed by atoms with Crippen LogP contribution in [0.2, 0.25) is 0 Å². The van der Waals surface area contributed by atoms with Gasteiger partial charge in [0.2, 0.25) is 0 Å². The summed E-state index contributed by atoms with van der Waals surface area (Å²) in [6.45, 7) is 0.699. The molecule has 1 aromatic heterocycles. The Balaban J connectivity index is 1.94. The van der Waals surface area contributed by atoms with Gasteiger partial charge in [-0.1, -0.05) is 0 Å². The summed E-state index contributed by atoms with van der Waals surface area (Å²) in [4.78, 5) is 1.27. The van der Waals surface area contributed by atoms with Crippen molar-refractivity contribution in [2.24, 2.45) is 0 Å². The molecule has 16 heavy (non-hydrogen) atoms. The lowest BCUT2D eigenvalue weighted by molar-refractivity contribution is 0.495. The van der Waals surface area contributed by atoms with E-state index in [4.69, 9.17) is 4.42 Å². The van der Waals surface area contributed by atoms with Crippen molar-refractivity contribution >= 4 is 33.4 Å². The van der Waals surface area contributed by atoms with Gasteiger partial charge in [-0.15, -0.1) is 11.8 Å². The maximum absolute atomic E-state index is 5.40. The molecule has 2 nitrogen and oxygen atoms in total. The van der Waals surface area contributed by atoms with E-state index in [1.807, 2.05) is 12.1 Å². The van der Waals surface area contributed by atoms with Gasteiger partial charge >= 0.3 is 0 Å². The van der Waals surface area contributed by atoms with Crippen LogP contribution in [0.15, 0.2) is 50.4 Å². The number of furan rings is 1. The molecular formula is C12H12BrNOS. The number of thioether (sulfide) groups is 1. The number of hydrogen-bond donors (Lipinski definition) is 1. The van der Waals surface area contributed by atoms with Gasteiger partial charge in [-0.2, -0.15) is 0 Å². The predicted molar refractivity (Wildman–Crippen MR) is 72.0 cm³/mol. The van der Waals surface area contributed by atoms with Crippen LogP contribution in [0.3, 0.4) is 0 Å². The van der Waals surface area contributed by atoms with Crippen molar-refractivity contribution in [3.63, 3.8) is 0 Å². The summed E-state index contributed by atoms with van der Waals surface area (Å²) in [6.07, 6.45) is 2.07. The van der Waals surface area contributed by atoms with Crippen LogP contribution in [0, 0.1) is 0 Å². The average molecular weight is 298 g/mol. The molecule has 0 aliphatic carbocycles. The quantitative estimate of drug-likeness (QED) is 0.848. The molecule has 0 unspecified atom stereocenters. The van der Waals surface area contributed by atoms with E-state index in [9.17, 15) is 0 Å². The first-order valence-corrected chi connectivity index (χ1v) is 6.92. The summed E-state index contributed by atoms with van der Waals surface area (Å²) in [5.41, 5.74) is 1.10. The number of benzene rings is 1. The van der Waals surface area contributed by atoms with Crippen molar-refractivity contribution in [3.8, 4) is 0 Å². The highest BCUT2D eigenvalue weighted by Gasteiger charge is 1.99. The molecule has 84 valence electrons. The number of hydrogen-bond acceptors (Lipinski definition) is 3. The summed E-state index contributed by atoms with van der Waals surface area (Å²) in [5.74, 6) is 0.917. The molecule has 0 atom stereocenters. The van der Waals surface area contributed by atoms with Crippen LogP contribution in [0.5, 0.6) is 0 Å². The molecule has 4 heteroatoms. The molecule has 0 saturated carbocycles. The second-order valence-corrected chi connectivity index (χ2v) is 4.95. The Hall–Kier alpha value is -0.870. The normalized spacial score (nSPS) is 10.4. The summed E-state index contributed by atoms with van der Waals surface area (Å²) < 4.78 is 6.17. The molecule has 2 rings (SSSR count). The van der Waals surface area contributed by atoms with E-state index in [1.165, 1.54) is 4.90 Å². The van der Waals surface area contributed by atoms with E-state index in [0.717, 1.165) is 16.1 Å². The van der Waals surface area contributed by atoms with Crippen molar-refractivity contribution in [1.82, 2.24) is 0 Å². The van der Waals surface area contributed by atoms with Crippen LogP contribution < -0.4 is 5.32 Å². The number of nitrogens with one attached hydrogen (secondary N) is 1. The Morgan fingerprint density at radius 1 is 1.19 bits per heavy atom. The highest BCUT2D eigenvalue weighted by molar-refractivity contribution is 9.10. The van der Waals surface area contributed by atoms with Gasteiger partial charge in [-0.3, -0.25) is 0 Å². The summed E-state index contributed by atoms with van der Waals surface area (Å²) in [5, 5.41) is 3.30. The van der Waals surface area contributed by atoms with Gasteiger partial charge < -0.3 is 9.73 Å². The molecule has 0 amide bonds. The van der Waals surface area contributed by atoms with Gasteiger partial charge in [0.1, 0.15) is 5.76 Å². The molecule has 1 heterocycles. The highest BCUT2D eigenvalue weighted by Crippen LogP contribution is 2.19. The fraction of sp³-hybridized carbons (Fsp3) is 0.167. The van der Waals surface area contributed by atoms with Crippen LogP contribution in [0.4, 0.5) is 5.69 Å². The molecule has 0 saturated heterocycles. The summed E-state index contributed by atoms with van der Waals surface area (Å²) >= 11 is 5.02. The molecule has 0 fully saturated rings. The van der Waals surface area contributed by atoms with Crippen molar-refractivity contribution in [3.05, 3.63) is 46.8 Å². The lowest BCUT2D eigenvalue weighted by Crippen LogP contribution is -1.97. The lowest BCUT2D eigenvalue weighted by atomic mass is 10.3. The van der Waals surface area contributed by atoms with Gasteiger partial charge in [0.15, 0.2) is 4.67 Å². The maximum Gasteiger partial charge on any atom is 0.169 e. The minimum absolute atomic E-state index is 0.699. The van der Waals surface area contributed by atoms with E-state index in [-0.39, 0.29) is 0 Å². The van der Waals surface area contributed by atoms with Crippen molar-refractivity contribution in [2.75, 3.05) is 11.6 Å². The monoisotopic (exact) mass is 297 g/mol. The van der Waals surface area contributed by atoms with Gasteiger partial charge in [0.25, 0.3) is 0 Å². The second-order valence-electron chi connectivity index (χ2n) is 3.29. The van der Waals surface area contributed by atoms with Gasteiger partial charge in [-0.05, 0) is 58.6 Å². The molecule has 0 spiro atoms. The molecule has 2 aromatic rings. The van der Waals surface area contributed by atoms with Gasteiger partial charge in [-0.25, -0.2) is 0 Å². The SMILES string of the molecule is CSc1ccc(NCc2ccc(Br)o2)cc1. The Morgan fingerprint density at radius 3 is 2.50 bits per heavy atom. The van der Waals surface area contributed by atoms with Crippen molar-refractivity contribution < 1.29 is 4.42 Å². The van der Waals surface area contributed by atoms with E-state index in [0.29, 0.717) is 6.54 Å². The standard InChI is InChI=1S/C12H12BrNOS/c1-16-11-5-2-9(3-6-11)14-8-10-4-7-12(13)15-10/h2-7,14H,8H2,1H3. The smallest absolute Gasteiger partial charge is 0.169 e. The largest absolute Gasteiger partial charge is 0.452 e. The molecule has 0 radical (unpaired) electrons. The van der Waals surface area contributed by atoms with Crippen LogP contribution in [0.25, 0.3) is 0 Å². The van der Waals surface area contributed by atoms with Crippen LogP contribution in [-0.2, 0) is 6.54 Å². The van der Waals surface area contributed by atoms with Crippen LogP contribution >= 0.6 is 27.7 Å². The van der Waals surface area contributed by atoms with Crippen LogP contribution in [0.1, 0.15) is 5.76 Å². The minimum atomic E-state index is 0.699. The topological polar surface area (TPSA) is 25.2 Å². The first-order chi connectivity index (χ1) is 7.78. The Morgan fingerprint density at radius 2 is 1.94 bits per heavy atom. The number of rotatable bonds is 4. The molecular weight excluding hydrogens is 286 g/mol. The first-order valence-electron chi connectivity index (χ1n) is 4.90. The zero-order chi connectivity index (χ0) is 11.4. The fourth-order valence-corrected chi connectivity index (χ4v) is 2.09. The predicted octanol–water partition coefficient (Wildman–Crippen LogP) is 4.38. The van der Waals surface area contributed by atoms with E-state index in [2.05, 4.69) is 51.8 Å². The van der Waals surface area contributed by atoms with Crippen molar-refractivity contribution in [1.29, 1.82) is 0 Å². The Labute approximate surface area is 108 Å². The fourth-order valence-electron chi connectivity index (χ4n) is 1.34. The van der Waals surface area contributed by atoms with Gasteiger partial charge in [0.05, 0.1) is 6.54 Å². The van der Waals surface area contributed by atoms with E-state index < -0.39 is 0 Å². The minimum Gasteiger partial charge on any atom is -0.452 e. The molecule has 0 aliphatic rings. The van der Waals surface area contributed by atoms with Crippen molar-refractivity contribution in [2.45, 2.75) is 11.4 Å². The maximum atomic E-state index is 5.40. The van der Waals surface area contributed by atoms with Gasteiger partial charge in [0, 0.05) is 10.6 Å². The zero-order valence-corrected chi connectivity index (χ0v) is 11.3. The zero-order valence-electron chi connectivity index (χ0n) is 8.87. The molecule has 0 bridgehead atoms.